The molecule has 6 heteroatoms. The van der Waals surface area contributed by atoms with Crippen LogP contribution in [0.15, 0.2) is 60.7 Å². The molecule has 0 radical (unpaired) electrons. The van der Waals surface area contributed by atoms with Crippen LogP contribution < -0.4 is 10.5 Å². The molecular formula is C21H21ClNO3S-. The van der Waals surface area contributed by atoms with Gasteiger partial charge in [0.1, 0.15) is 5.75 Å². The first kappa shape index (κ1) is 19.7. The molecule has 0 heterocycles. The first-order chi connectivity index (χ1) is 13.1. The van der Waals surface area contributed by atoms with Crippen molar-refractivity contribution < 1.29 is 13.5 Å². The van der Waals surface area contributed by atoms with Gasteiger partial charge in [-0.25, -0.2) is 0 Å². The Morgan fingerprint density at radius 3 is 2.59 bits per heavy atom. The second-order valence-corrected chi connectivity index (χ2v) is 7.61. The predicted octanol–water partition coefficient (Wildman–Crippen LogP) is 4.79. The van der Waals surface area contributed by atoms with E-state index < -0.39 is 16.3 Å². The number of hydrogen-bond donors (Lipinski definition) is 1. The van der Waals surface area contributed by atoms with Crippen LogP contribution >= 0.6 is 11.6 Å². The summed E-state index contributed by atoms with van der Waals surface area (Å²) in [6.45, 7) is 0.523. The van der Waals surface area contributed by atoms with E-state index in [4.69, 9.17) is 22.1 Å². The zero-order valence-electron chi connectivity index (χ0n) is 14.8. The standard InChI is InChI=1S/C21H22ClNO3S/c22-12-3-4-13-26-16-10-11-20(23)19(14-16)21(27(24)25)18-9-5-7-15-6-1-2-8-17(15)18/h1-2,5-11,14,21H,3-4,12-13,23H2,(H,24,25)/p-1. The summed E-state index contributed by atoms with van der Waals surface area (Å²) < 4.78 is 30.1. The summed E-state index contributed by atoms with van der Waals surface area (Å²) in [6, 6.07) is 18.5. The predicted molar refractivity (Wildman–Crippen MR) is 111 cm³/mol. The number of alkyl halides is 1. The minimum absolute atomic E-state index is 0.422. The fraction of sp³-hybridized carbons (Fsp3) is 0.238. The monoisotopic (exact) mass is 402 g/mol. The summed E-state index contributed by atoms with van der Waals surface area (Å²) >= 11 is 3.29. The van der Waals surface area contributed by atoms with Crippen LogP contribution in [0, 0.1) is 0 Å². The van der Waals surface area contributed by atoms with Gasteiger partial charge in [0.2, 0.25) is 0 Å². The molecule has 0 spiro atoms. The van der Waals surface area contributed by atoms with Gasteiger partial charge in [-0.05, 0) is 64.0 Å². The van der Waals surface area contributed by atoms with Crippen molar-refractivity contribution in [1.82, 2.24) is 0 Å². The Morgan fingerprint density at radius 2 is 1.81 bits per heavy atom. The molecule has 142 valence electrons. The third-order valence-electron chi connectivity index (χ3n) is 4.44. The minimum Gasteiger partial charge on any atom is -0.772 e. The molecule has 0 saturated carbocycles. The minimum atomic E-state index is -2.39. The van der Waals surface area contributed by atoms with Gasteiger partial charge in [0, 0.05) is 11.6 Å². The van der Waals surface area contributed by atoms with E-state index in [1.807, 2.05) is 42.5 Å². The van der Waals surface area contributed by atoms with Crippen molar-refractivity contribution in [2.45, 2.75) is 18.1 Å². The molecule has 27 heavy (non-hydrogen) atoms. The maximum Gasteiger partial charge on any atom is 0.119 e. The molecular weight excluding hydrogens is 382 g/mol. The van der Waals surface area contributed by atoms with Crippen molar-refractivity contribution in [2.75, 3.05) is 18.2 Å². The highest BCUT2D eigenvalue weighted by Gasteiger charge is 2.21. The molecule has 2 unspecified atom stereocenters. The number of nitrogens with two attached hydrogens (primary N) is 1. The number of rotatable bonds is 8. The molecule has 0 amide bonds. The summed E-state index contributed by atoms with van der Waals surface area (Å²) in [5, 5.41) is 1.00. The number of unbranched alkanes of at least 4 members (excludes halogenated alkanes) is 1. The molecule has 2 atom stereocenters. The summed E-state index contributed by atoms with van der Waals surface area (Å²) in [5.41, 5.74) is 7.79. The Morgan fingerprint density at radius 1 is 1.04 bits per heavy atom. The molecule has 0 bridgehead atoms. The van der Waals surface area contributed by atoms with E-state index in [0.717, 1.165) is 23.6 Å². The molecule has 0 aromatic heterocycles. The Balaban J connectivity index is 2.01. The van der Waals surface area contributed by atoms with Gasteiger partial charge < -0.3 is 15.0 Å². The third-order valence-corrected chi connectivity index (χ3v) is 5.60. The fourth-order valence-corrected chi connectivity index (χ4v) is 4.12. The van der Waals surface area contributed by atoms with Gasteiger partial charge in [-0.3, -0.25) is 4.21 Å². The van der Waals surface area contributed by atoms with E-state index in [-0.39, 0.29) is 0 Å². The molecule has 4 nitrogen and oxygen atoms in total. The quantitative estimate of drug-likeness (QED) is 0.254. The van der Waals surface area contributed by atoms with E-state index in [2.05, 4.69) is 0 Å². The van der Waals surface area contributed by atoms with E-state index in [1.165, 1.54) is 0 Å². The molecule has 3 rings (SSSR count). The van der Waals surface area contributed by atoms with Crippen LogP contribution in [0.25, 0.3) is 10.8 Å². The molecule has 0 aliphatic heterocycles. The highest BCUT2D eigenvalue weighted by molar-refractivity contribution is 7.79. The van der Waals surface area contributed by atoms with Crippen LogP contribution in [0.1, 0.15) is 29.2 Å². The first-order valence-corrected chi connectivity index (χ1v) is 10.4. The summed E-state index contributed by atoms with van der Waals surface area (Å²) in [4.78, 5) is 0. The lowest BCUT2D eigenvalue weighted by atomic mass is 9.97. The fourth-order valence-electron chi connectivity index (χ4n) is 3.11. The zero-order chi connectivity index (χ0) is 19.2. The van der Waals surface area contributed by atoms with E-state index >= 15 is 0 Å². The van der Waals surface area contributed by atoms with Crippen LogP contribution in [0.2, 0.25) is 0 Å². The number of halogens is 1. The third kappa shape index (κ3) is 4.61. The van der Waals surface area contributed by atoms with Gasteiger partial charge in [-0.15, -0.1) is 11.6 Å². The number of anilines is 1. The molecule has 0 aliphatic rings. The molecule has 2 N–H and O–H groups in total. The number of benzene rings is 3. The smallest absolute Gasteiger partial charge is 0.119 e. The topological polar surface area (TPSA) is 75.4 Å². The first-order valence-electron chi connectivity index (χ1n) is 8.75. The van der Waals surface area contributed by atoms with E-state index in [0.29, 0.717) is 35.1 Å². The molecule has 3 aromatic rings. The van der Waals surface area contributed by atoms with Gasteiger partial charge >= 0.3 is 0 Å². The zero-order valence-corrected chi connectivity index (χ0v) is 16.3. The van der Waals surface area contributed by atoms with Gasteiger partial charge in [0.05, 0.1) is 11.9 Å². The summed E-state index contributed by atoms with van der Waals surface area (Å²) in [5.74, 6) is 1.19. The van der Waals surface area contributed by atoms with Crippen LogP contribution in [0.4, 0.5) is 5.69 Å². The summed E-state index contributed by atoms with van der Waals surface area (Å²) in [7, 11) is 0. The molecule has 3 aromatic carbocycles. The van der Waals surface area contributed by atoms with Crippen molar-refractivity contribution in [3.8, 4) is 5.75 Å². The van der Waals surface area contributed by atoms with E-state index in [1.54, 1.807) is 18.2 Å². The summed E-state index contributed by atoms with van der Waals surface area (Å²) in [6.07, 6.45) is 1.70. The van der Waals surface area contributed by atoms with Gasteiger partial charge in [0.15, 0.2) is 0 Å². The maximum absolute atomic E-state index is 12.2. The number of nitrogen functional groups attached to an aromatic ring is 1. The van der Waals surface area contributed by atoms with Crippen LogP contribution in [0.3, 0.4) is 0 Å². The van der Waals surface area contributed by atoms with Gasteiger partial charge in [0.25, 0.3) is 0 Å². The average Bonchev–Trinajstić information content (AvgIpc) is 2.67. The molecule has 0 fully saturated rings. The second-order valence-electron chi connectivity index (χ2n) is 6.24. The number of ether oxygens (including phenoxy) is 1. The van der Waals surface area contributed by atoms with Crippen molar-refractivity contribution in [3.63, 3.8) is 0 Å². The average molecular weight is 403 g/mol. The number of hydrogen-bond acceptors (Lipinski definition) is 4. The Hall–Kier alpha value is -2.08. The maximum atomic E-state index is 12.2. The van der Waals surface area contributed by atoms with E-state index in [9.17, 15) is 8.76 Å². The van der Waals surface area contributed by atoms with Crippen LogP contribution in [0.5, 0.6) is 5.75 Å². The van der Waals surface area contributed by atoms with Crippen molar-refractivity contribution in [2.24, 2.45) is 0 Å². The lowest BCUT2D eigenvalue weighted by Gasteiger charge is -2.24. The lowest BCUT2D eigenvalue weighted by Crippen LogP contribution is -2.11. The Kier molecular flexibility index (Phi) is 6.72. The van der Waals surface area contributed by atoms with Gasteiger partial charge in [-0.2, -0.15) is 0 Å². The second kappa shape index (κ2) is 9.22. The van der Waals surface area contributed by atoms with Crippen molar-refractivity contribution in [1.29, 1.82) is 0 Å². The van der Waals surface area contributed by atoms with Crippen molar-refractivity contribution in [3.05, 3.63) is 71.8 Å². The number of fused-ring (bicyclic) bond motifs is 1. The highest BCUT2D eigenvalue weighted by atomic mass is 35.5. The Labute approximate surface area is 166 Å². The largest absolute Gasteiger partial charge is 0.772 e. The normalized spacial score (nSPS) is 13.4. The highest BCUT2D eigenvalue weighted by Crippen LogP contribution is 2.37. The lowest BCUT2D eigenvalue weighted by molar-refractivity contribution is 0.309. The molecule has 0 aliphatic carbocycles. The van der Waals surface area contributed by atoms with Crippen LogP contribution in [-0.4, -0.2) is 21.2 Å². The SMILES string of the molecule is Nc1ccc(OCCCCCl)cc1C(c1cccc2ccccc12)S(=O)[O-]. The Bertz CT molecular complexity index is 942. The van der Waals surface area contributed by atoms with Crippen LogP contribution in [-0.2, 0) is 11.1 Å². The van der Waals surface area contributed by atoms with Crippen molar-refractivity contribution >= 4 is 39.1 Å². The molecule has 0 saturated heterocycles. The van der Waals surface area contributed by atoms with Gasteiger partial charge in [-0.1, -0.05) is 42.5 Å².